The van der Waals surface area contributed by atoms with E-state index in [9.17, 15) is 0 Å². The predicted octanol–water partition coefficient (Wildman–Crippen LogP) is 3.37. The molecule has 1 fully saturated rings. The lowest BCUT2D eigenvalue weighted by atomic mass is 10.1. The minimum atomic E-state index is -0.117. The Kier molecular flexibility index (Phi) is 2.35. The van der Waals surface area contributed by atoms with Crippen molar-refractivity contribution in [3.8, 4) is 10.6 Å². The van der Waals surface area contributed by atoms with Gasteiger partial charge in [-0.1, -0.05) is 12.1 Å². The summed E-state index contributed by atoms with van der Waals surface area (Å²) in [5.41, 5.74) is 10.9. The van der Waals surface area contributed by atoms with Gasteiger partial charge in [0.25, 0.3) is 0 Å². The molecule has 0 atom stereocenters. The third-order valence-corrected chi connectivity index (χ3v) is 4.45. The molecule has 1 heterocycles. The number of hydrogen-bond donors (Lipinski definition) is 1. The average Bonchev–Trinajstić information content (AvgIpc) is 2.88. The van der Waals surface area contributed by atoms with Crippen molar-refractivity contribution >= 4 is 11.3 Å². The van der Waals surface area contributed by atoms with Gasteiger partial charge in [-0.2, -0.15) is 0 Å². The molecule has 2 nitrogen and oxygen atoms in total. The molecular formula is C14H16N2S. The number of nitrogens with two attached hydrogens (primary N) is 1. The van der Waals surface area contributed by atoms with Gasteiger partial charge in [0, 0.05) is 10.9 Å². The van der Waals surface area contributed by atoms with Crippen molar-refractivity contribution in [1.29, 1.82) is 0 Å². The third kappa shape index (κ3) is 1.90. The number of benzene rings is 1. The second-order valence-corrected chi connectivity index (χ2v) is 5.85. The molecule has 1 aromatic carbocycles. The minimum Gasteiger partial charge on any atom is -0.320 e. The Bertz CT molecular complexity index is 567. The first kappa shape index (κ1) is 10.9. The Balaban J connectivity index is 1.98. The van der Waals surface area contributed by atoms with Gasteiger partial charge in [-0.15, -0.1) is 11.3 Å². The molecule has 88 valence electrons. The van der Waals surface area contributed by atoms with Crippen LogP contribution in [-0.2, 0) is 5.54 Å². The maximum Gasteiger partial charge on any atom is 0.123 e. The van der Waals surface area contributed by atoms with Crippen molar-refractivity contribution < 1.29 is 0 Å². The van der Waals surface area contributed by atoms with Gasteiger partial charge >= 0.3 is 0 Å². The molecule has 1 aliphatic carbocycles. The van der Waals surface area contributed by atoms with Crippen molar-refractivity contribution in [2.45, 2.75) is 32.2 Å². The molecule has 0 bridgehead atoms. The summed E-state index contributed by atoms with van der Waals surface area (Å²) >= 11 is 1.69. The molecule has 0 aliphatic heterocycles. The maximum absolute atomic E-state index is 6.16. The summed E-state index contributed by atoms with van der Waals surface area (Å²) < 4.78 is 0. The van der Waals surface area contributed by atoms with E-state index in [-0.39, 0.29) is 5.54 Å². The Morgan fingerprint density at radius 3 is 2.65 bits per heavy atom. The number of thiazole rings is 1. The molecule has 17 heavy (non-hydrogen) atoms. The highest BCUT2D eigenvalue weighted by Crippen LogP contribution is 2.43. The van der Waals surface area contributed by atoms with Crippen LogP contribution in [0.25, 0.3) is 10.6 Å². The quantitative estimate of drug-likeness (QED) is 0.879. The van der Waals surface area contributed by atoms with Gasteiger partial charge in [0.2, 0.25) is 0 Å². The summed E-state index contributed by atoms with van der Waals surface area (Å²) in [6.45, 7) is 4.27. The molecule has 3 heteroatoms. The second kappa shape index (κ2) is 3.65. The smallest absolute Gasteiger partial charge is 0.123 e. The molecule has 1 saturated carbocycles. The monoisotopic (exact) mass is 244 g/mol. The fourth-order valence-corrected chi connectivity index (χ4v) is 2.83. The molecular weight excluding hydrogens is 228 g/mol. The van der Waals surface area contributed by atoms with Crippen LogP contribution in [0.3, 0.4) is 0 Å². The first-order valence-corrected chi connectivity index (χ1v) is 6.79. The van der Waals surface area contributed by atoms with Crippen LogP contribution >= 0.6 is 11.3 Å². The van der Waals surface area contributed by atoms with E-state index >= 15 is 0 Å². The van der Waals surface area contributed by atoms with Crippen LogP contribution in [-0.4, -0.2) is 4.98 Å². The van der Waals surface area contributed by atoms with Crippen molar-refractivity contribution in [2.75, 3.05) is 0 Å². The van der Waals surface area contributed by atoms with E-state index in [4.69, 9.17) is 5.73 Å². The van der Waals surface area contributed by atoms with Crippen LogP contribution in [0.2, 0.25) is 0 Å². The molecule has 0 amide bonds. The zero-order valence-electron chi connectivity index (χ0n) is 10.2. The summed E-state index contributed by atoms with van der Waals surface area (Å²) in [6.07, 6.45) is 2.15. The summed E-state index contributed by atoms with van der Waals surface area (Å²) in [7, 11) is 0. The van der Waals surface area contributed by atoms with Gasteiger partial charge in [0.05, 0.1) is 11.2 Å². The van der Waals surface area contributed by atoms with Crippen LogP contribution in [0, 0.1) is 13.8 Å². The van der Waals surface area contributed by atoms with Gasteiger partial charge in [-0.3, -0.25) is 0 Å². The number of nitrogens with zero attached hydrogens (tertiary/aromatic N) is 1. The van der Waals surface area contributed by atoms with Crippen molar-refractivity contribution in [3.05, 3.63) is 40.4 Å². The summed E-state index contributed by atoms with van der Waals surface area (Å²) in [5, 5.41) is 3.19. The Hall–Kier alpha value is -1.19. The Morgan fingerprint density at radius 2 is 2.00 bits per heavy atom. The Labute approximate surface area is 106 Å². The highest BCUT2D eigenvalue weighted by molar-refractivity contribution is 7.13. The normalized spacial score (nSPS) is 17.1. The second-order valence-electron chi connectivity index (χ2n) is 4.99. The van der Waals surface area contributed by atoms with Crippen molar-refractivity contribution in [3.63, 3.8) is 0 Å². The van der Waals surface area contributed by atoms with Gasteiger partial charge in [0.1, 0.15) is 5.01 Å². The largest absolute Gasteiger partial charge is 0.320 e. The van der Waals surface area contributed by atoms with Crippen molar-refractivity contribution in [1.82, 2.24) is 4.98 Å². The highest BCUT2D eigenvalue weighted by Gasteiger charge is 2.42. The highest BCUT2D eigenvalue weighted by atomic mass is 32.1. The fourth-order valence-electron chi connectivity index (χ4n) is 1.90. The lowest BCUT2D eigenvalue weighted by Crippen LogP contribution is -2.18. The van der Waals surface area contributed by atoms with Crippen molar-refractivity contribution in [2.24, 2.45) is 5.73 Å². The first-order valence-electron chi connectivity index (χ1n) is 5.91. The zero-order chi connectivity index (χ0) is 12.0. The van der Waals surface area contributed by atoms with E-state index in [1.54, 1.807) is 11.3 Å². The Morgan fingerprint density at radius 1 is 1.24 bits per heavy atom. The van der Waals surface area contributed by atoms with Crippen LogP contribution in [0.15, 0.2) is 23.6 Å². The molecule has 0 saturated heterocycles. The van der Waals surface area contributed by atoms with Crippen LogP contribution < -0.4 is 5.73 Å². The van der Waals surface area contributed by atoms with Crippen LogP contribution in [0.1, 0.15) is 29.7 Å². The fraction of sp³-hybridized carbons (Fsp3) is 0.357. The van der Waals surface area contributed by atoms with Gasteiger partial charge in [-0.05, 0) is 43.9 Å². The lowest BCUT2D eigenvalue weighted by molar-refractivity contribution is 0.715. The van der Waals surface area contributed by atoms with E-state index < -0.39 is 0 Å². The topological polar surface area (TPSA) is 38.9 Å². The summed E-state index contributed by atoms with van der Waals surface area (Å²) in [4.78, 5) is 4.68. The number of aromatic nitrogens is 1. The third-order valence-electron chi connectivity index (χ3n) is 3.56. The molecule has 0 radical (unpaired) electrons. The first-order chi connectivity index (χ1) is 8.08. The molecule has 1 aromatic heterocycles. The van der Waals surface area contributed by atoms with E-state index in [0.717, 1.165) is 23.5 Å². The molecule has 0 spiro atoms. The molecule has 0 unspecified atom stereocenters. The molecule has 2 N–H and O–H groups in total. The zero-order valence-corrected chi connectivity index (χ0v) is 11.0. The lowest BCUT2D eigenvalue weighted by Gasteiger charge is -2.04. The molecule has 1 aliphatic rings. The van der Waals surface area contributed by atoms with Gasteiger partial charge in [0.15, 0.2) is 0 Å². The minimum absolute atomic E-state index is 0.117. The maximum atomic E-state index is 6.16. The van der Waals surface area contributed by atoms with Crippen LogP contribution in [0.4, 0.5) is 0 Å². The van der Waals surface area contributed by atoms with Gasteiger partial charge in [-0.25, -0.2) is 4.98 Å². The standard InChI is InChI=1S/C14H16N2S/c1-9-3-4-11(7-10(9)2)13-16-12(8-17-13)14(15)5-6-14/h3-4,7-8H,5-6,15H2,1-2H3. The number of aryl methyl sites for hydroxylation is 2. The molecule has 3 rings (SSSR count). The average molecular weight is 244 g/mol. The van der Waals surface area contributed by atoms with Gasteiger partial charge < -0.3 is 5.73 Å². The number of rotatable bonds is 2. The molecule has 2 aromatic rings. The van der Waals surface area contributed by atoms with E-state index in [1.165, 1.54) is 16.7 Å². The van der Waals surface area contributed by atoms with E-state index in [0.29, 0.717) is 0 Å². The SMILES string of the molecule is Cc1ccc(-c2nc(C3(N)CC3)cs2)cc1C. The summed E-state index contributed by atoms with van der Waals surface area (Å²) in [5.74, 6) is 0. The summed E-state index contributed by atoms with van der Waals surface area (Å²) in [6, 6.07) is 6.50. The number of hydrogen-bond acceptors (Lipinski definition) is 3. The predicted molar refractivity (Wildman–Crippen MR) is 72.1 cm³/mol. The van der Waals surface area contributed by atoms with E-state index in [1.807, 2.05) is 0 Å². The van der Waals surface area contributed by atoms with Crippen LogP contribution in [0.5, 0.6) is 0 Å². The van der Waals surface area contributed by atoms with E-state index in [2.05, 4.69) is 42.4 Å².